The van der Waals surface area contributed by atoms with Gasteiger partial charge in [0.2, 0.25) is 0 Å². The fourth-order valence-corrected chi connectivity index (χ4v) is 15.1. The van der Waals surface area contributed by atoms with Crippen LogP contribution in [0, 0.1) is 54.3 Å². The highest BCUT2D eigenvalue weighted by Gasteiger charge is 2.33. The monoisotopic (exact) mass is 1840 g/mol. The minimum atomic E-state index is -4.76. The van der Waals surface area contributed by atoms with Crippen molar-refractivity contribution in [2.24, 2.45) is 28.2 Å². The van der Waals surface area contributed by atoms with Crippen molar-refractivity contribution in [3.05, 3.63) is 345 Å². The number of amides is 8. The van der Waals surface area contributed by atoms with Gasteiger partial charge >= 0.3 is 36.5 Å². The number of halogens is 9. The van der Waals surface area contributed by atoms with Gasteiger partial charge in [-0.15, -0.1) is 0 Å². The Morgan fingerprint density at radius 3 is 1.01 bits per heavy atom. The van der Waals surface area contributed by atoms with Gasteiger partial charge in [-0.2, -0.15) is 26.3 Å². The van der Waals surface area contributed by atoms with E-state index in [4.69, 9.17) is 23.2 Å². The lowest BCUT2D eigenvalue weighted by Gasteiger charge is -2.15. The average Bonchev–Trinajstić information content (AvgIpc) is 0.776. The molecule has 0 saturated carbocycles. The Bertz CT molecular complexity index is 7570. The second kappa shape index (κ2) is 39.6. The number of hydrogen-bond donors (Lipinski definition) is 8. The number of aryl methyl sites for hydroxylation is 11. The molecule has 16 rings (SSSR count). The molecule has 8 heterocycles. The summed E-state index contributed by atoms with van der Waals surface area (Å²) in [6, 6.07) is 53.3. The van der Waals surface area contributed by atoms with E-state index < -0.39 is 47.4 Å². The zero-order valence-corrected chi connectivity index (χ0v) is 75.2. The molecule has 8 aromatic carbocycles. The molecular weight excluding hydrogens is 1760 g/mol. The normalized spacial score (nSPS) is 11.2. The molecule has 8 N–H and O–H groups in total. The first-order chi connectivity index (χ1) is 63.0. The lowest BCUT2D eigenvalue weighted by Crippen LogP contribution is -2.21. The topological polar surface area (TPSA) is 307 Å². The van der Waals surface area contributed by atoms with Crippen molar-refractivity contribution in [1.82, 2.24) is 38.2 Å². The maximum absolute atomic E-state index is 13.6. The number of benzene rings is 8. The number of rotatable bonds is 13. The molecule has 0 bridgehead atoms. The van der Waals surface area contributed by atoms with Crippen LogP contribution in [0.15, 0.2) is 256 Å². The van der Waals surface area contributed by atoms with E-state index in [2.05, 4.69) is 62.5 Å². The van der Waals surface area contributed by atoms with Crippen molar-refractivity contribution in [3.63, 3.8) is 0 Å². The quantitative estimate of drug-likeness (QED) is 0.0499. The minimum Gasteiger partial charge on any atom is -0.363 e. The summed E-state index contributed by atoms with van der Waals surface area (Å²) < 4.78 is 97.5. The number of pyridine rings is 8. The molecule has 0 aliphatic rings. The molecular formula is C99H86Cl2F7N17O8. The van der Waals surface area contributed by atoms with Gasteiger partial charge < -0.3 is 65.7 Å². The highest BCUT2D eigenvalue weighted by molar-refractivity contribution is 6.36. The molecule has 0 radical (unpaired) electrons. The first kappa shape index (κ1) is 94.8. The Kier molecular flexibility index (Phi) is 28.2. The summed E-state index contributed by atoms with van der Waals surface area (Å²) in [4.78, 5) is 122. The first-order valence-electron chi connectivity index (χ1n) is 40.9. The highest BCUT2D eigenvalue weighted by Crippen LogP contribution is 2.37. The predicted molar refractivity (Wildman–Crippen MR) is 513 cm³/mol. The molecule has 0 unspecified atom stereocenters. The van der Waals surface area contributed by atoms with Gasteiger partial charge in [-0.25, -0.2) is 28.6 Å². The number of carbonyl (C=O) groups excluding carboxylic acids is 4. The summed E-state index contributed by atoms with van der Waals surface area (Å²) >= 11 is 12.0. The van der Waals surface area contributed by atoms with E-state index in [9.17, 15) is 69.1 Å². The molecule has 0 aliphatic heterocycles. The third-order valence-electron chi connectivity index (χ3n) is 21.6. The van der Waals surface area contributed by atoms with Crippen LogP contribution in [0.2, 0.25) is 10.0 Å². The molecule has 25 nitrogen and oxygen atoms in total. The Morgan fingerprint density at radius 1 is 0.323 bits per heavy atom. The molecule has 8 amide bonds. The highest BCUT2D eigenvalue weighted by atomic mass is 35.5. The second-order valence-electron chi connectivity index (χ2n) is 31.6. The van der Waals surface area contributed by atoms with Crippen LogP contribution in [-0.4, -0.2) is 76.4 Å². The molecule has 0 saturated heterocycles. The average molecular weight is 1850 g/mol. The van der Waals surface area contributed by atoms with Crippen molar-refractivity contribution in [2.75, 3.05) is 61.5 Å². The Balaban J connectivity index is 0.000000151. The van der Waals surface area contributed by atoms with Gasteiger partial charge in [0, 0.05) is 179 Å². The number of urea groups is 4. The Labute approximate surface area is 766 Å². The standard InChI is InChI=1S/C25H20F4N4O2.C25H21F3N4O2.C25H25N5O2.C24H20Cl2N4O2/c1-13-4-5-18(31-24(35)32-19-9-16(25(27,28)29)8-17(26)10-19)11-20(13)21-7-15-12-30-14(2)6-22(15)33(3)23(21)34;1-14-7-8-19(31-24(34)30-18-6-4-5-17(11-18)25(26,27)28)12-20(14)21-10-16-13-29-15(2)9-22(16)32(3)23(21)33;1-16-10-11-19(28-25(32)27-18-8-6-5-7-9-18)13-20(16)21-12-17-15-26-23(29(2)3)14-22(17)30(4)24(21)31;1-13-4-6-17(28-24(32)29-21-7-5-16(25)10-20(21)26)11-18(13)19-9-15-12-27-14(2)8-22(15)30(3)23(19)31/h4-12H,1-3H3,(H2,31,32,35);4-13H,1-3H3,(H2,30,31,34);5-15H,1-4H3,(H2,27,28,32);4-12H,1-3H3,(H2,28,29,32). The summed E-state index contributed by atoms with van der Waals surface area (Å²) in [7, 11) is 10.7. The largest absolute Gasteiger partial charge is 0.416 e. The number of anilines is 9. The summed E-state index contributed by atoms with van der Waals surface area (Å²) in [5, 5.41) is 24.9. The van der Waals surface area contributed by atoms with Crippen molar-refractivity contribution in [1.29, 1.82) is 0 Å². The van der Waals surface area contributed by atoms with Gasteiger partial charge in [0.05, 0.1) is 43.9 Å². The maximum Gasteiger partial charge on any atom is 0.416 e. The van der Waals surface area contributed by atoms with E-state index >= 15 is 0 Å². The van der Waals surface area contributed by atoms with Crippen molar-refractivity contribution in [3.8, 4) is 44.5 Å². The number of hydrogen-bond acceptors (Lipinski definition) is 13. The minimum absolute atomic E-state index is 0.00542. The van der Waals surface area contributed by atoms with Gasteiger partial charge in [-0.1, -0.05) is 71.7 Å². The number of aromatic nitrogens is 8. The van der Waals surface area contributed by atoms with Gasteiger partial charge in [0.15, 0.2) is 0 Å². The van der Waals surface area contributed by atoms with E-state index in [0.29, 0.717) is 89.7 Å². The summed E-state index contributed by atoms with van der Waals surface area (Å²) in [5.41, 5.74) is 13.4. The van der Waals surface area contributed by atoms with Crippen LogP contribution in [0.5, 0.6) is 0 Å². The van der Waals surface area contributed by atoms with Gasteiger partial charge in [0.1, 0.15) is 11.6 Å². The number of nitrogens with zero attached hydrogens (tertiary/aromatic N) is 9. The first-order valence-corrected chi connectivity index (χ1v) is 41.6. The Hall–Kier alpha value is -15.8. The summed E-state index contributed by atoms with van der Waals surface area (Å²) in [5.74, 6) is -0.350. The molecule has 0 spiro atoms. The lowest BCUT2D eigenvalue weighted by atomic mass is 9.99. The van der Waals surface area contributed by atoms with Crippen LogP contribution in [0.25, 0.3) is 88.1 Å². The molecule has 0 fully saturated rings. The molecule has 8 aromatic heterocycles. The molecule has 0 aliphatic carbocycles. The van der Waals surface area contributed by atoms with E-state index in [1.807, 2.05) is 158 Å². The van der Waals surface area contributed by atoms with Crippen LogP contribution >= 0.6 is 23.2 Å². The van der Waals surface area contributed by atoms with E-state index in [1.54, 1.807) is 146 Å². The lowest BCUT2D eigenvalue weighted by molar-refractivity contribution is -0.138. The number of fused-ring (bicyclic) bond motifs is 4. The molecule has 133 heavy (non-hydrogen) atoms. The van der Waals surface area contributed by atoms with Crippen molar-refractivity contribution in [2.45, 2.75) is 60.8 Å². The van der Waals surface area contributed by atoms with Crippen LogP contribution < -0.4 is 69.7 Å². The SMILES string of the molecule is Cc1cc2c(cn1)cc(-c1cc(NC(=O)Nc3cc(F)cc(C(F)(F)F)c3)ccc1C)c(=O)n2C.Cc1cc2c(cn1)cc(-c1cc(NC(=O)Nc3ccc(Cl)cc3Cl)ccc1C)c(=O)n2C.Cc1cc2c(cn1)cc(-c1cc(NC(=O)Nc3cccc(C(F)(F)F)c3)ccc1C)c(=O)n2C.Cc1ccc(NC(=O)Nc2ccccc2)cc1-c1cc2cnc(N(C)C)cc2n(C)c1=O. The van der Waals surface area contributed by atoms with Crippen molar-refractivity contribution >= 4 is 142 Å². The zero-order chi connectivity index (χ0) is 95.9. The van der Waals surface area contributed by atoms with Gasteiger partial charge in [-0.05, 0) is 251 Å². The number of alkyl halides is 6. The van der Waals surface area contributed by atoms with Crippen molar-refractivity contribution < 1.29 is 49.9 Å². The smallest absolute Gasteiger partial charge is 0.363 e. The number of nitrogens with one attached hydrogen (secondary N) is 8. The van der Waals surface area contributed by atoms with E-state index in [0.717, 1.165) is 118 Å². The van der Waals surface area contributed by atoms with E-state index in [1.165, 1.54) is 16.7 Å². The molecule has 678 valence electrons. The zero-order valence-electron chi connectivity index (χ0n) is 73.7. The van der Waals surface area contributed by atoms with Gasteiger partial charge in [-0.3, -0.25) is 34.1 Å². The van der Waals surface area contributed by atoms with Crippen LogP contribution in [0.4, 0.5) is 101 Å². The maximum atomic E-state index is 13.6. The van der Waals surface area contributed by atoms with Crippen LogP contribution in [0.3, 0.4) is 0 Å². The van der Waals surface area contributed by atoms with Crippen LogP contribution in [0.1, 0.15) is 50.5 Å². The third-order valence-corrected chi connectivity index (χ3v) is 22.1. The number of para-hydroxylation sites is 1. The molecule has 16 aromatic rings. The predicted octanol–water partition coefficient (Wildman–Crippen LogP) is 22.7. The number of carbonyl (C=O) groups is 4. The summed E-state index contributed by atoms with van der Waals surface area (Å²) in [6.45, 7) is 13.1. The van der Waals surface area contributed by atoms with Crippen LogP contribution in [-0.2, 0) is 40.5 Å². The molecule has 0 atom stereocenters. The van der Waals surface area contributed by atoms with E-state index in [-0.39, 0.29) is 39.6 Å². The third kappa shape index (κ3) is 22.5. The second-order valence-corrected chi connectivity index (χ2v) is 32.4. The molecule has 34 heteroatoms. The van der Waals surface area contributed by atoms with Gasteiger partial charge in [0.25, 0.3) is 22.2 Å². The summed E-state index contributed by atoms with van der Waals surface area (Å²) in [6.07, 6.45) is -2.37. The Morgan fingerprint density at radius 2 is 0.647 bits per heavy atom. The fourth-order valence-electron chi connectivity index (χ4n) is 14.6. The fraction of sp³-hybridized carbons (Fsp3) is 0.152.